The van der Waals surface area contributed by atoms with E-state index in [4.69, 9.17) is 0 Å². The van der Waals surface area contributed by atoms with E-state index in [0.29, 0.717) is 18.7 Å². The lowest BCUT2D eigenvalue weighted by atomic mass is 10.0. The SMILES string of the molecule is O=C(CN1CC(CS(=O)(=O)c2ccccc2F)C1)c1ccc(F)cc1. The van der Waals surface area contributed by atoms with E-state index in [-0.39, 0.29) is 28.9 Å². The molecule has 1 aliphatic heterocycles. The van der Waals surface area contributed by atoms with Crippen molar-refractivity contribution in [3.05, 3.63) is 65.7 Å². The van der Waals surface area contributed by atoms with Crippen LogP contribution in [0.5, 0.6) is 0 Å². The molecular weight excluding hydrogens is 348 g/mol. The van der Waals surface area contributed by atoms with Crippen molar-refractivity contribution in [2.24, 2.45) is 5.92 Å². The molecule has 1 fully saturated rings. The van der Waals surface area contributed by atoms with Crippen LogP contribution in [0.25, 0.3) is 0 Å². The average molecular weight is 365 g/mol. The molecule has 4 nitrogen and oxygen atoms in total. The molecular formula is C18H17F2NO3S. The van der Waals surface area contributed by atoms with Crippen molar-refractivity contribution in [2.45, 2.75) is 4.90 Å². The summed E-state index contributed by atoms with van der Waals surface area (Å²) in [7, 11) is -3.69. The Bertz CT molecular complexity index is 875. The Hall–Kier alpha value is -2.12. The Morgan fingerprint density at radius 2 is 1.68 bits per heavy atom. The van der Waals surface area contributed by atoms with Crippen LogP contribution >= 0.6 is 0 Å². The standard InChI is InChI=1S/C18H17F2NO3S/c19-15-7-5-14(6-8-15)17(22)11-21-9-13(10-21)12-25(23,24)18-4-2-1-3-16(18)20/h1-8,13H,9-12H2. The normalized spacial score (nSPS) is 15.8. The molecule has 0 spiro atoms. The quantitative estimate of drug-likeness (QED) is 0.739. The van der Waals surface area contributed by atoms with Gasteiger partial charge >= 0.3 is 0 Å². The first-order valence-electron chi connectivity index (χ1n) is 7.83. The van der Waals surface area contributed by atoms with Crippen LogP contribution in [0.1, 0.15) is 10.4 Å². The summed E-state index contributed by atoms with van der Waals surface area (Å²) in [5.41, 5.74) is 0.420. The maximum absolute atomic E-state index is 13.7. The molecule has 2 aromatic carbocycles. The molecule has 0 N–H and O–H groups in total. The van der Waals surface area contributed by atoms with E-state index < -0.39 is 21.5 Å². The summed E-state index contributed by atoms with van der Waals surface area (Å²) in [6, 6.07) is 10.6. The fourth-order valence-electron chi connectivity index (χ4n) is 2.94. The van der Waals surface area contributed by atoms with Gasteiger partial charge in [0.05, 0.1) is 12.3 Å². The van der Waals surface area contributed by atoms with E-state index in [2.05, 4.69) is 0 Å². The van der Waals surface area contributed by atoms with E-state index >= 15 is 0 Å². The molecule has 0 radical (unpaired) electrons. The van der Waals surface area contributed by atoms with Crippen LogP contribution in [0.3, 0.4) is 0 Å². The molecule has 0 amide bonds. The van der Waals surface area contributed by atoms with Gasteiger partial charge < -0.3 is 0 Å². The van der Waals surface area contributed by atoms with E-state index in [1.165, 1.54) is 42.5 Å². The summed E-state index contributed by atoms with van der Waals surface area (Å²) in [5.74, 6) is -1.57. The number of hydrogen-bond acceptors (Lipinski definition) is 4. The van der Waals surface area contributed by atoms with Crippen molar-refractivity contribution in [3.63, 3.8) is 0 Å². The number of nitrogens with zero attached hydrogens (tertiary/aromatic N) is 1. The predicted octanol–water partition coefficient (Wildman–Crippen LogP) is 2.55. The Balaban J connectivity index is 1.53. The average Bonchev–Trinajstić information content (AvgIpc) is 2.53. The van der Waals surface area contributed by atoms with Gasteiger partial charge in [-0.25, -0.2) is 17.2 Å². The fraction of sp³-hybridized carbons (Fsp3) is 0.278. The highest BCUT2D eigenvalue weighted by molar-refractivity contribution is 7.91. The highest BCUT2D eigenvalue weighted by Crippen LogP contribution is 2.23. The minimum atomic E-state index is -3.69. The van der Waals surface area contributed by atoms with E-state index in [1.807, 2.05) is 4.90 Å². The zero-order chi connectivity index (χ0) is 18.0. The van der Waals surface area contributed by atoms with Crippen molar-refractivity contribution in [2.75, 3.05) is 25.4 Å². The molecule has 3 rings (SSSR count). The largest absolute Gasteiger partial charge is 0.295 e. The third-order valence-electron chi connectivity index (χ3n) is 4.19. The lowest BCUT2D eigenvalue weighted by Gasteiger charge is -2.38. The van der Waals surface area contributed by atoms with Gasteiger partial charge in [-0.2, -0.15) is 0 Å². The smallest absolute Gasteiger partial charge is 0.181 e. The summed E-state index contributed by atoms with van der Waals surface area (Å²) in [6.07, 6.45) is 0. The van der Waals surface area contributed by atoms with Crippen LogP contribution in [0.15, 0.2) is 53.4 Å². The molecule has 0 aromatic heterocycles. The van der Waals surface area contributed by atoms with E-state index in [0.717, 1.165) is 6.07 Å². The molecule has 7 heteroatoms. The van der Waals surface area contributed by atoms with Gasteiger partial charge in [-0.15, -0.1) is 0 Å². The van der Waals surface area contributed by atoms with E-state index in [9.17, 15) is 22.0 Å². The second kappa shape index (κ2) is 7.01. The van der Waals surface area contributed by atoms with Crippen LogP contribution in [0.4, 0.5) is 8.78 Å². The topological polar surface area (TPSA) is 54.5 Å². The number of halogens is 2. The maximum Gasteiger partial charge on any atom is 0.181 e. The second-order valence-electron chi connectivity index (χ2n) is 6.20. The van der Waals surface area contributed by atoms with Crippen molar-refractivity contribution in [1.82, 2.24) is 4.90 Å². The minimum absolute atomic E-state index is 0.134. The van der Waals surface area contributed by atoms with Gasteiger partial charge in [0.2, 0.25) is 0 Å². The monoisotopic (exact) mass is 365 g/mol. The van der Waals surface area contributed by atoms with Crippen LogP contribution in [0.2, 0.25) is 0 Å². The molecule has 0 bridgehead atoms. The number of benzene rings is 2. The number of ketones is 1. The molecule has 132 valence electrons. The Kier molecular flexibility index (Phi) is 4.96. The lowest BCUT2D eigenvalue weighted by molar-refractivity contribution is 0.0771. The zero-order valence-electron chi connectivity index (χ0n) is 13.4. The molecule has 1 aliphatic rings. The third-order valence-corrected chi connectivity index (χ3v) is 6.10. The number of carbonyl (C=O) groups excluding carboxylic acids is 1. The van der Waals surface area contributed by atoms with E-state index in [1.54, 1.807) is 0 Å². The first kappa shape index (κ1) is 17.7. The molecule has 1 saturated heterocycles. The predicted molar refractivity (Wildman–Crippen MR) is 89.1 cm³/mol. The second-order valence-corrected chi connectivity index (χ2v) is 8.20. The Morgan fingerprint density at radius 1 is 1.04 bits per heavy atom. The van der Waals surface area contributed by atoms with Gasteiger partial charge in [-0.05, 0) is 42.3 Å². The molecule has 0 unspecified atom stereocenters. The summed E-state index contributed by atoms with van der Waals surface area (Å²) >= 11 is 0. The van der Waals surface area contributed by atoms with Gasteiger partial charge in [-0.1, -0.05) is 12.1 Å². The number of likely N-dealkylation sites (tertiary alicyclic amines) is 1. The maximum atomic E-state index is 13.7. The molecule has 0 saturated carbocycles. The molecule has 0 atom stereocenters. The Morgan fingerprint density at radius 3 is 2.32 bits per heavy atom. The minimum Gasteiger partial charge on any atom is -0.295 e. The molecule has 2 aromatic rings. The van der Waals surface area contributed by atoms with Gasteiger partial charge in [0.1, 0.15) is 16.5 Å². The molecule has 0 aliphatic carbocycles. The number of sulfone groups is 1. The van der Waals surface area contributed by atoms with Gasteiger partial charge in [-0.3, -0.25) is 9.69 Å². The number of hydrogen-bond donors (Lipinski definition) is 0. The summed E-state index contributed by atoms with van der Waals surface area (Å²) in [4.78, 5) is 13.6. The van der Waals surface area contributed by atoms with Gasteiger partial charge in [0, 0.05) is 18.7 Å². The van der Waals surface area contributed by atoms with Crippen molar-refractivity contribution < 1.29 is 22.0 Å². The summed E-state index contributed by atoms with van der Waals surface area (Å²) in [5, 5.41) is 0. The highest BCUT2D eigenvalue weighted by Gasteiger charge is 2.33. The van der Waals surface area contributed by atoms with Crippen LogP contribution in [0, 0.1) is 17.6 Å². The summed E-state index contributed by atoms with van der Waals surface area (Å²) in [6.45, 7) is 1.07. The lowest BCUT2D eigenvalue weighted by Crippen LogP contribution is -2.51. The Labute approximate surface area is 145 Å². The first-order valence-corrected chi connectivity index (χ1v) is 9.49. The first-order chi connectivity index (χ1) is 11.8. The van der Waals surface area contributed by atoms with Gasteiger partial charge in [0.15, 0.2) is 15.6 Å². The number of rotatable bonds is 6. The molecule has 25 heavy (non-hydrogen) atoms. The van der Waals surface area contributed by atoms with Crippen molar-refractivity contribution >= 4 is 15.6 Å². The highest BCUT2D eigenvalue weighted by atomic mass is 32.2. The number of Topliss-reactive ketones (excluding diaryl/α,β-unsaturated/α-hetero) is 1. The van der Waals surface area contributed by atoms with Gasteiger partial charge in [0.25, 0.3) is 0 Å². The van der Waals surface area contributed by atoms with Crippen molar-refractivity contribution in [3.8, 4) is 0 Å². The fourth-order valence-corrected chi connectivity index (χ4v) is 4.60. The summed E-state index contributed by atoms with van der Waals surface area (Å²) < 4.78 is 51.1. The van der Waals surface area contributed by atoms with Crippen LogP contribution in [-0.4, -0.2) is 44.5 Å². The third kappa shape index (κ3) is 4.11. The van der Waals surface area contributed by atoms with Crippen LogP contribution < -0.4 is 0 Å². The zero-order valence-corrected chi connectivity index (χ0v) is 14.2. The van der Waals surface area contributed by atoms with Crippen LogP contribution in [-0.2, 0) is 9.84 Å². The number of carbonyl (C=O) groups is 1. The molecule has 1 heterocycles. The van der Waals surface area contributed by atoms with Crippen molar-refractivity contribution in [1.29, 1.82) is 0 Å².